The summed E-state index contributed by atoms with van der Waals surface area (Å²) in [6.07, 6.45) is 0. The number of amidine groups is 1. The quantitative estimate of drug-likeness (QED) is 0.577. The maximum atomic E-state index is 11.8. The van der Waals surface area contributed by atoms with E-state index in [0.717, 1.165) is 0 Å². The van der Waals surface area contributed by atoms with Gasteiger partial charge in [0.25, 0.3) is 0 Å². The van der Waals surface area contributed by atoms with Crippen LogP contribution in [-0.2, 0) is 14.6 Å². The van der Waals surface area contributed by atoms with Gasteiger partial charge in [0, 0.05) is 12.7 Å². The van der Waals surface area contributed by atoms with Crippen LogP contribution in [0.5, 0.6) is 0 Å². The molecule has 16 heavy (non-hydrogen) atoms. The predicted octanol–water partition coefficient (Wildman–Crippen LogP) is 0.391. The average molecular weight is 242 g/mol. The first-order valence-electron chi connectivity index (χ1n) is 4.63. The lowest BCUT2D eigenvalue weighted by Gasteiger charge is -2.05. The molecule has 1 aromatic carbocycles. The molecular formula is C10H14N2O3S. The molecule has 0 spiro atoms. The summed E-state index contributed by atoms with van der Waals surface area (Å²) < 4.78 is 28.3. The molecule has 0 atom stereocenters. The van der Waals surface area contributed by atoms with Gasteiger partial charge in [0.2, 0.25) is 0 Å². The van der Waals surface area contributed by atoms with E-state index in [1.54, 1.807) is 12.1 Å². The Morgan fingerprint density at radius 2 is 2.19 bits per heavy atom. The van der Waals surface area contributed by atoms with Crippen LogP contribution in [0, 0.1) is 5.41 Å². The van der Waals surface area contributed by atoms with E-state index in [4.69, 9.17) is 15.9 Å². The summed E-state index contributed by atoms with van der Waals surface area (Å²) in [6, 6.07) is 6.04. The molecule has 3 N–H and O–H groups in total. The number of benzene rings is 1. The topological polar surface area (TPSA) is 93.2 Å². The van der Waals surface area contributed by atoms with Crippen LogP contribution < -0.4 is 5.73 Å². The molecular weight excluding hydrogens is 228 g/mol. The fourth-order valence-electron chi connectivity index (χ4n) is 1.17. The number of rotatable bonds is 5. The van der Waals surface area contributed by atoms with Crippen molar-refractivity contribution in [1.82, 2.24) is 0 Å². The number of ether oxygens (including phenoxy) is 1. The zero-order chi connectivity index (χ0) is 12.2. The summed E-state index contributed by atoms with van der Waals surface area (Å²) >= 11 is 0. The molecule has 0 radical (unpaired) electrons. The molecule has 0 bridgehead atoms. The summed E-state index contributed by atoms with van der Waals surface area (Å²) in [5.74, 6) is -0.228. The van der Waals surface area contributed by atoms with Gasteiger partial charge in [-0.15, -0.1) is 0 Å². The third-order valence-electron chi connectivity index (χ3n) is 2.06. The van der Waals surface area contributed by atoms with Crippen LogP contribution in [0.4, 0.5) is 0 Å². The molecule has 0 aliphatic heterocycles. The number of methoxy groups -OCH3 is 1. The van der Waals surface area contributed by atoms with Gasteiger partial charge < -0.3 is 10.5 Å². The van der Waals surface area contributed by atoms with Gasteiger partial charge in [-0.1, -0.05) is 12.1 Å². The van der Waals surface area contributed by atoms with Gasteiger partial charge in [-0.25, -0.2) is 8.42 Å². The second kappa shape index (κ2) is 5.09. The van der Waals surface area contributed by atoms with Crippen molar-refractivity contribution in [2.75, 3.05) is 19.5 Å². The summed E-state index contributed by atoms with van der Waals surface area (Å²) in [6.45, 7) is 0.145. The number of nitrogen functional groups attached to an aromatic ring is 1. The van der Waals surface area contributed by atoms with Crippen molar-refractivity contribution in [2.24, 2.45) is 5.73 Å². The second-order valence-corrected chi connectivity index (χ2v) is 5.36. The molecule has 0 amide bonds. The summed E-state index contributed by atoms with van der Waals surface area (Å²) in [4.78, 5) is 0.164. The molecule has 0 unspecified atom stereocenters. The molecule has 0 aliphatic rings. The predicted molar refractivity (Wildman–Crippen MR) is 61.4 cm³/mol. The van der Waals surface area contributed by atoms with Crippen LogP contribution in [0.15, 0.2) is 29.2 Å². The smallest absolute Gasteiger partial charge is 0.180 e. The van der Waals surface area contributed by atoms with E-state index in [9.17, 15) is 8.42 Å². The highest BCUT2D eigenvalue weighted by molar-refractivity contribution is 7.91. The average Bonchev–Trinajstić information content (AvgIpc) is 2.26. The first kappa shape index (κ1) is 12.7. The maximum Gasteiger partial charge on any atom is 0.180 e. The Balaban J connectivity index is 3.04. The van der Waals surface area contributed by atoms with E-state index < -0.39 is 9.84 Å². The first-order valence-corrected chi connectivity index (χ1v) is 6.29. The van der Waals surface area contributed by atoms with Gasteiger partial charge in [-0.05, 0) is 12.1 Å². The van der Waals surface area contributed by atoms with E-state index in [1.807, 2.05) is 0 Å². The Bertz CT molecular complexity index is 483. The van der Waals surface area contributed by atoms with Crippen molar-refractivity contribution < 1.29 is 13.2 Å². The minimum atomic E-state index is -3.36. The van der Waals surface area contributed by atoms with Gasteiger partial charge in [0.15, 0.2) is 9.84 Å². The fraction of sp³-hybridized carbons (Fsp3) is 0.300. The highest BCUT2D eigenvalue weighted by Crippen LogP contribution is 2.13. The van der Waals surface area contributed by atoms with Gasteiger partial charge in [-0.3, -0.25) is 5.41 Å². The molecule has 0 aliphatic carbocycles. The van der Waals surface area contributed by atoms with Crippen molar-refractivity contribution in [3.8, 4) is 0 Å². The number of sulfone groups is 1. The van der Waals surface area contributed by atoms with Gasteiger partial charge in [0.1, 0.15) is 5.84 Å². The van der Waals surface area contributed by atoms with Crippen molar-refractivity contribution in [3.63, 3.8) is 0 Å². The van der Waals surface area contributed by atoms with Gasteiger partial charge >= 0.3 is 0 Å². The summed E-state index contributed by atoms with van der Waals surface area (Å²) in [7, 11) is -1.91. The lowest BCUT2D eigenvalue weighted by atomic mass is 10.2. The first-order chi connectivity index (χ1) is 7.47. The fourth-order valence-corrected chi connectivity index (χ4v) is 2.38. The molecule has 0 saturated heterocycles. The van der Waals surface area contributed by atoms with Crippen molar-refractivity contribution in [1.29, 1.82) is 5.41 Å². The lowest BCUT2D eigenvalue weighted by molar-refractivity contribution is 0.217. The minimum Gasteiger partial charge on any atom is -0.384 e. The largest absolute Gasteiger partial charge is 0.384 e. The third kappa shape index (κ3) is 3.04. The molecule has 1 rings (SSSR count). The molecule has 88 valence electrons. The Labute approximate surface area is 94.7 Å². The van der Waals surface area contributed by atoms with Crippen LogP contribution >= 0.6 is 0 Å². The zero-order valence-corrected chi connectivity index (χ0v) is 9.75. The Kier molecular flexibility index (Phi) is 4.03. The molecule has 6 heteroatoms. The van der Waals surface area contributed by atoms with Crippen molar-refractivity contribution in [2.45, 2.75) is 4.90 Å². The second-order valence-electron chi connectivity index (χ2n) is 3.25. The summed E-state index contributed by atoms with van der Waals surface area (Å²) in [5.41, 5.74) is 5.69. The highest BCUT2D eigenvalue weighted by Gasteiger charge is 2.14. The van der Waals surface area contributed by atoms with Crippen molar-refractivity contribution >= 4 is 15.7 Å². The van der Waals surface area contributed by atoms with E-state index >= 15 is 0 Å². The molecule has 0 saturated carbocycles. The Morgan fingerprint density at radius 3 is 2.75 bits per heavy atom. The number of nitrogens with two attached hydrogens (primary N) is 1. The highest BCUT2D eigenvalue weighted by atomic mass is 32.2. The summed E-state index contributed by atoms with van der Waals surface area (Å²) in [5, 5.41) is 7.23. The van der Waals surface area contributed by atoms with Gasteiger partial charge in [0.05, 0.1) is 17.3 Å². The normalized spacial score (nSPS) is 11.3. The molecule has 1 aromatic rings. The zero-order valence-electron chi connectivity index (χ0n) is 8.93. The van der Waals surface area contributed by atoms with E-state index in [0.29, 0.717) is 5.56 Å². The Morgan fingerprint density at radius 1 is 1.50 bits per heavy atom. The number of nitrogens with one attached hydrogen (secondary N) is 1. The molecule has 0 fully saturated rings. The molecule has 0 aromatic heterocycles. The monoisotopic (exact) mass is 242 g/mol. The van der Waals surface area contributed by atoms with Crippen LogP contribution in [0.2, 0.25) is 0 Å². The van der Waals surface area contributed by atoms with Gasteiger partial charge in [-0.2, -0.15) is 0 Å². The van der Waals surface area contributed by atoms with E-state index in [2.05, 4.69) is 0 Å². The lowest BCUT2D eigenvalue weighted by Crippen LogP contribution is -2.14. The number of hydrogen-bond acceptors (Lipinski definition) is 4. The minimum absolute atomic E-state index is 0.0785. The SMILES string of the molecule is COCCS(=O)(=O)c1cccc(C(=N)N)c1. The van der Waals surface area contributed by atoms with E-state index in [1.165, 1.54) is 19.2 Å². The standard InChI is InChI=1S/C10H14N2O3S/c1-15-5-6-16(13,14)9-4-2-3-8(7-9)10(11)12/h2-4,7H,5-6H2,1H3,(H3,11,12). The maximum absolute atomic E-state index is 11.8. The van der Waals surface area contributed by atoms with Crippen LogP contribution in [0.3, 0.4) is 0 Å². The number of hydrogen-bond donors (Lipinski definition) is 2. The van der Waals surface area contributed by atoms with Crippen molar-refractivity contribution in [3.05, 3.63) is 29.8 Å². The van der Waals surface area contributed by atoms with Crippen LogP contribution in [-0.4, -0.2) is 33.7 Å². The van der Waals surface area contributed by atoms with Crippen LogP contribution in [0.25, 0.3) is 0 Å². The Hall–Kier alpha value is -1.40. The van der Waals surface area contributed by atoms with E-state index in [-0.39, 0.29) is 23.1 Å². The van der Waals surface area contributed by atoms with Crippen LogP contribution in [0.1, 0.15) is 5.56 Å². The molecule has 0 heterocycles. The molecule has 5 nitrogen and oxygen atoms in total. The third-order valence-corrected chi connectivity index (χ3v) is 3.74.